The minimum absolute atomic E-state index is 0.0370. The van der Waals surface area contributed by atoms with Gasteiger partial charge in [0.15, 0.2) is 6.10 Å². The Morgan fingerprint density at radius 3 is 2.80 bits per heavy atom. The quantitative estimate of drug-likeness (QED) is 0.668. The van der Waals surface area contributed by atoms with E-state index in [-0.39, 0.29) is 17.9 Å². The molecule has 1 heterocycles. The number of aliphatic hydroxyl groups excluding tert-OH is 1. The summed E-state index contributed by atoms with van der Waals surface area (Å²) in [7, 11) is 0. The minimum atomic E-state index is -0.506. The van der Waals surface area contributed by atoms with Crippen LogP contribution in [-0.4, -0.2) is 50.1 Å². The van der Waals surface area contributed by atoms with Gasteiger partial charge in [-0.3, -0.25) is 4.79 Å². The summed E-state index contributed by atoms with van der Waals surface area (Å²) in [6, 6.07) is 0. The summed E-state index contributed by atoms with van der Waals surface area (Å²) in [6.07, 6.45) is -0.506. The Bertz CT molecular complexity index is 211. The van der Waals surface area contributed by atoms with E-state index < -0.39 is 6.10 Å². The number of hydrogen-bond donors (Lipinski definition) is 2. The van der Waals surface area contributed by atoms with Crippen LogP contribution in [0.25, 0.3) is 0 Å². The minimum Gasteiger partial charge on any atom is -0.396 e. The van der Waals surface area contributed by atoms with Gasteiger partial charge in [0, 0.05) is 18.6 Å². The van der Waals surface area contributed by atoms with E-state index in [0.717, 1.165) is 0 Å². The van der Waals surface area contributed by atoms with Crippen molar-refractivity contribution < 1.29 is 19.4 Å². The molecule has 0 bridgehead atoms. The molecule has 0 aromatic carbocycles. The van der Waals surface area contributed by atoms with Crippen LogP contribution in [0, 0.1) is 5.41 Å². The number of ether oxygens (including phenoxy) is 2. The van der Waals surface area contributed by atoms with Crippen LogP contribution in [0.4, 0.5) is 0 Å². The molecule has 1 atom stereocenters. The summed E-state index contributed by atoms with van der Waals surface area (Å²) in [5.74, 6) is -0.170. The van der Waals surface area contributed by atoms with Crippen molar-refractivity contribution in [3.8, 4) is 0 Å². The first-order valence-electron chi connectivity index (χ1n) is 5.13. The Hall–Kier alpha value is -0.650. The van der Waals surface area contributed by atoms with Gasteiger partial charge in [-0.25, -0.2) is 0 Å². The van der Waals surface area contributed by atoms with Crippen molar-refractivity contribution in [2.24, 2.45) is 5.41 Å². The topological polar surface area (TPSA) is 67.8 Å². The van der Waals surface area contributed by atoms with Gasteiger partial charge in [0.1, 0.15) is 0 Å². The smallest absolute Gasteiger partial charge is 0.251 e. The predicted molar refractivity (Wildman–Crippen MR) is 54.4 cm³/mol. The van der Waals surface area contributed by atoms with Crippen LogP contribution < -0.4 is 5.32 Å². The summed E-state index contributed by atoms with van der Waals surface area (Å²) in [5.41, 5.74) is -0.300. The molecule has 1 saturated heterocycles. The molecule has 5 nitrogen and oxygen atoms in total. The van der Waals surface area contributed by atoms with E-state index in [2.05, 4.69) is 5.32 Å². The molecule has 5 heteroatoms. The van der Waals surface area contributed by atoms with Crippen molar-refractivity contribution in [2.45, 2.75) is 20.0 Å². The molecule has 0 aliphatic carbocycles. The van der Waals surface area contributed by atoms with E-state index in [4.69, 9.17) is 14.6 Å². The molecule has 88 valence electrons. The van der Waals surface area contributed by atoms with Crippen molar-refractivity contribution in [3.63, 3.8) is 0 Å². The third-order valence-electron chi connectivity index (χ3n) is 2.28. The maximum absolute atomic E-state index is 11.6. The third kappa shape index (κ3) is 4.15. The molecule has 15 heavy (non-hydrogen) atoms. The highest BCUT2D eigenvalue weighted by molar-refractivity contribution is 5.81. The second kappa shape index (κ2) is 5.44. The molecule has 0 aromatic heterocycles. The summed E-state index contributed by atoms with van der Waals surface area (Å²) in [4.78, 5) is 11.6. The molecule has 1 aliphatic rings. The third-order valence-corrected chi connectivity index (χ3v) is 2.28. The highest BCUT2D eigenvalue weighted by Crippen LogP contribution is 2.11. The van der Waals surface area contributed by atoms with Crippen LogP contribution in [0.1, 0.15) is 13.8 Å². The largest absolute Gasteiger partial charge is 0.396 e. The first-order valence-corrected chi connectivity index (χ1v) is 5.13. The average Bonchev–Trinajstić information content (AvgIpc) is 2.27. The lowest BCUT2D eigenvalue weighted by Crippen LogP contribution is -2.46. The Balaban J connectivity index is 2.28. The monoisotopic (exact) mass is 217 g/mol. The molecule has 0 spiro atoms. The lowest BCUT2D eigenvalue weighted by atomic mass is 9.95. The fourth-order valence-electron chi connectivity index (χ4n) is 1.14. The maximum Gasteiger partial charge on any atom is 0.251 e. The molecule has 2 N–H and O–H groups in total. The fourth-order valence-corrected chi connectivity index (χ4v) is 1.14. The van der Waals surface area contributed by atoms with Crippen LogP contribution in [0.3, 0.4) is 0 Å². The van der Waals surface area contributed by atoms with Crippen molar-refractivity contribution >= 4 is 5.91 Å². The van der Waals surface area contributed by atoms with Crippen LogP contribution in [0.5, 0.6) is 0 Å². The van der Waals surface area contributed by atoms with Gasteiger partial charge in [-0.15, -0.1) is 0 Å². The molecule has 1 aliphatic heterocycles. The highest BCUT2D eigenvalue weighted by Gasteiger charge is 2.24. The van der Waals surface area contributed by atoms with Gasteiger partial charge in [0.25, 0.3) is 5.91 Å². The first-order chi connectivity index (χ1) is 7.05. The molecule has 1 unspecified atom stereocenters. The molecule has 0 saturated carbocycles. The Morgan fingerprint density at radius 2 is 2.27 bits per heavy atom. The zero-order valence-corrected chi connectivity index (χ0v) is 9.28. The average molecular weight is 217 g/mol. The maximum atomic E-state index is 11.6. The number of aliphatic hydroxyl groups is 1. The highest BCUT2D eigenvalue weighted by atomic mass is 16.6. The van der Waals surface area contributed by atoms with E-state index in [9.17, 15) is 4.79 Å². The van der Waals surface area contributed by atoms with Gasteiger partial charge in [-0.2, -0.15) is 0 Å². The number of carbonyl (C=O) groups is 1. The van der Waals surface area contributed by atoms with E-state index in [0.29, 0.717) is 26.4 Å². The van der Waals surface area contributed by atoms with Crippen molar-refractivity contribution in [2.75, 3.05) is 33.0 Å². The van der Waals surface area contributed by atoms with Gasteiger partial charge in [-0.05, 0) is 0 Å². The molecule has 0 radical (unpaired) electrons. The Kier molecular flexibility index (Phi) is 4.50. The molecule has 0 aromatic rings. The first kappa shape index (κ1) is 12.4. The van der Waals surface area contributed by atoms with Gasteiger partial charge < -0.3 is 19.9 Å². The lowest BCUT2D eigenvalue weighted by molar-refractivity contribution is -0.148. The summed E-state index contributed by atoms with van der Waals surface area (Å²) in [6.45, 7) is 5.55. The van der Waals surface area contributed by atoms with E-state index in [1.807, 2.05) is 13.8 Å². The molecule has 1 rings (SSSR count). The Labute approximate surface area is 89.8 Å². The second-order valence-electron chi connectivity index (χ2n) is 4.47. The SMILES string of the molecule is CC(C)(CO)CNC(=O)C1COCCO1. The van der Waals surface area contributed by atoms with Crippen molar-refractivity contribution in [3.05, 3.63) is 0 Å². The van der Waals surface area contributed by atoms with Crippen LogP contribution in [0.15, 0.2) is 0 Å². The fraction of sp³-hybridized carbons (Fsp3) is 0.900. The summed E-state index contributed by atoms with van der Waals surface area (Å²) >= 11 is 0. The summed E-state index contributed by atoms with van der Waals surface area (Å²) in [5, 5.41) is 11.7. The standard InChI is InChI=1S/C10H19NO4/c1-10(2,7-12)6-11-9(13)8-5-14-3-4-15-8/h8,12H,3-7H2,1-2H3,(H,11,13). The van der Waals surface area contributed by atoms with E-state index in [1.54, 1.807) is 0 Å². The molecular weight excluding hydrogens is 198 g/mol. The zero-order chi connectivity index (χ0) is 11.3. The van der Waals surface area contributed by atoms with Gasteiger partial charge in [0.2, 0.25) is 0 Å². The zero-order valence-electron chi connectivity index (χ0n) is 9.28. The molecule has 1 fully saturated rings. The van der Waals surface area contributed by atoms with Gasteiger partial charge in [-0.1, -0.05) is 13.8 Å². The van der Waals surface area contributed by atoms with Crippen LogP contribution in [-0.2, 0) is 14.3 Å². The lowest BCUT2D eigenvalue weighted by Gasteiger charge is -2.26. The number of nitrogens with one attached hydrogen (secondary N) is 1. The van der Waals surface area contributed by atoms with Crippen molar-refractivity contribution in [1.82, 2.24) is 5.32 Å². The predicted octanol–water partition coefficient (Wildman–Crippen LogP) is -0.463. The molecular formula is C10H19NO4. The number of rotatable bonds is 4. The summed E-state index contributed by atoms with van der Waals surface area (Å²) < 4.78 is 10.4. The van der Waals surface area contributed by atoms with Crippen LogP contribution >= 0.6 is 0 Å². The van der Waals surface area contributed by atoms with Gasteiger partial charge >= 0.3 is 0 Å². The van der Waals surface area contributed by atoms with Gasteiger partial charge in [0.05, 0.1) is 19.8 Å². The number of amides is 1. The Morgan fingerprint density at radius 1 is 1.53 bits per heavy atom. The number of carbonyl (C=O) groups excluding carboxylic acids is 1. The normalized spacial score (nSPS) is 22.5. The second-order valence-corrected chi connectivity index (χ2v) is 4.47. The molecule has 1 amide bonds. The van der Waals surface area contributed by atoms with Crippen molar-refractivity contribution in [1.29, 1.82) is 0 Å². The van der Waals surface area contributed by atoms with Crippen LogP contribution in [0.2, 0.25) is 0 Å². The van der Waals surface area contributed by atoms with E-state index in [1.165, 1.54) is 0 Å². The van der Waals surface area contributed by atoms with E-state index >= 15 is 0 Å². The number of hydrogen-bond acceptors (Lipinski definition) is 4.